The summed E-state index contributed by atoms with van der Waals surface area (Å²) in [7, 11) is 0. The second-order valence-electron chi connectivity index (χ2n) is 4.04. The molecule has 0 aromatic rings. The van der Waals surface area contributed by atoms with Crippen LogP contribution >= 0.6 is 0 Å². The molecule has 0 bridgehead atoms. The Kier molecular flexibility index (Phi) is 3.12. The molecule has 13 heavy (non-hydrogen) atoms. The number of amides is 1. The predicted molar refractivity (Wildman–Crippen MR) is 54.5 cm³/mol. The van der Waals surface area contributed by atoms with Crippen molar-refractivity contribution in [1.82, 2.24) is 4.90 Å². The zero-order valence-electron chi connectivity index (χ0n) is 8.68. The number of hydrogen-bond acceptors (Lipinski definition) is 1. The number of likely N-dealkylation sites (tertiary alicyclic amines) is 1. The van der Waals surface area contributed by atoms with E-state index in [0.717, 1.165) is 32.2 Å². The molecule has 0 aromatic carbocycles. The molecular weight excluding hydrogens is 162 g/mol. The normalized spacial score (nSPS) is 27.7. The first-order valence-electron chi connectivity index (χ1n) is 5.08. The molecule has 0 spiro atoms. The summed E-state index contributed by atoms with van der Waals surface area (Å²) in [5.41, 5.74) is 0.0972. The highest BCUT2D eigenvalue weighted by molar-refractivity contribution is 5.87. The Morgan fingerprint density at radius 1 is 1.69 bits per heavy atom. The Bertz CT molecular complexity index is 212. The van der Waals surface area contributed by atoms with Crippen molar-refractivity contribution in [2.75, 3.05) is 6.54 Å². The van der Waals surface area contributed by atoms with Crippen LogP contribution in [0.3, 0.4) is 0 Å². The van der Waals surface area contributed by atoms with E-state index < -0.39 is 0 Å². The van der Waals surface area contributed by atoms with Crippen molar-refractivity contribution in [3.8, 4) is 0 Å². The predicted octanol–water partition coefficient (Wildman–Crippen LogP) is 2.35. The Labute approximate surface area is 80.6 Å². The molecule has 1 aliphatic heterocycles. The Morgan fingerprint density at radius 3 is 2.92 bits per heavy atom. The number of hydrogen-bond donors (Lipinski definition) is 0. The van der Waals surface area contributed by atoms with Crippen LogP contribution in [0.4, 0.5) is 0 Å². The molecule has 2 nitrogen and oxygen atoms in total. The molecule has 0 aliphatic carbocycles. The summed E-state index contributed by atoms with van der Waals surface area (Å²) >= 11 is 0. The molecule has 1 amide bonds. The second kappa shape index (κ2) is 3.95. The third-order valence-corrected chi connectivity index (χ3v) is 2.98. The Morgan fingerprint density at radius 2 is 2.38 bits per heavy atom. The lowest BCUT2D eigenvalue weighted by Crippen LogP contribution is -2.44. The van der Waals surface area contributed by atoms with Crippen LogP contribution in [0.1, 0.15) is 39.5 Å². The summed E-state index contributed by atoms with van der Waals surface area (Å²) in [5.74, 6) is 0.0912. The van der Waals surface area contributed by atoms with Crippen molar-refractivity contribution >= 4 is 5.91 Å². The highest BCUT2D eigenvalue weighted by Crippen LogP contribution is 2.33. The van der Waals surface area contributed by atoms with Gasteiger partial charge in [0.15, 0.2) is 0 Å². The van der Waals surface area contributed by atoms with Gasteiger partial charge in [-0.2, -0.15) is 0 Å². The molecule has 1 atom stereocenters. The molecule has 0 N–H and O–H groups in total. The van der Waals surface area contributed by atoms with E-state index in [-0.39, 0.29) is 11.4 Å². The molecule has 1 rings (SSSR count). The lowest BCUT2D eigenvalue weighted by atomic mass is 9.93. The van der Waals surface area contributed by atoms with Crippen LogP contribution in [-0.2, 0) is 4.79 Å². The topological polar surface area (TPSA) is 20.3 Å². The average Bonchev–Trinajstić information content (AvgIpc) is 2.47. The van der Waals surface area contributed by atoms with Gasteiger partial charge in [0.05, 0.1) is 0 Å². The summed E-state index contributed by atoms with van der Waals surface area (Å²) < 4.78 is 0. The molecule has 0 saturated carbocycles. The van der Waals surface area contributed by atoms with Crippen molar-refractivity contribution in [3.63, 3.8) is 0 Å². The highest BCUT2D eigenvalue weighted by Gasteiger charge is 2.37. The first kappa shape index (κ1) is 10.3. The van der Waals surface area contributed by atoms with Gasteiger partial charge in [0.2, 0.25) is 5.91 Å². The van der Waals surface area contributed by atoms with E-state index in [4.69, 9.17) is 0 Å². The average molecular weight is 181 g/mol. The molecule has 2 heteroatoms. The molecule has 1 fully saturated rings. The molecule has 1 unspecified atom stereocenters. The van der Waals surface area contributed by atoms with Gasteiger partial charge in [-0.15, -0.1) is 0 Å². The highest BCUT2D eigenvalue weighted by atomic mass is 16.2. The van der Waals surface area contributed by atoms with E-state index in [0.29, 0.717) is 0 Å². The van der Waals surface area contributed by atoms with E-state index in [1.54, 1.807) is 0 Å². The van der Waals surface area contributed by atoms with Gasteiger partial charge in [0.25, 0.3) is 0 Å². The van der Waals surface area contributed by atoms with E-state index in [1.807, 2.05) is 4.90 Å². The van der Waals surface area contributed by atoms with Crippen molar-refractivity contribution in [2.24, 2.45) is 0 Å². The Hall–Kier alpha value is -0.790. The molecule has 1 aliphatic rings. The van der Waals surface area contributed by atoms with E-state index in [9.17, 15) is 4.79 Å². The zero-order chi connectivity index (χ0) is 9.90. The summed E-state index contributed by atoms with van der Waals surface area (Å²) in [6.07, 6.45) is 5.94. The first-order chi connectivity index (χ1) is 6.14. The number of rotatable bonds is 3. The van der Waals surface area contributed by atoms with Gasteiger partial charge < -0.3 is 4.90 Å². The minimum atomic E-state index is 0.0912. The molecule has 1 heterocycles. The van der Waals surface area contributed by atoms with Crippen LogP contribution in [0.5, 0.6) is 0 Å². The first-order valence-corrected chi connectivity index (χ1v) is 5.08. The van der Waals surface area contributed by atoms with Crippen LogP contribution in [0.2, 0.25) is 0 Å². The van der Waals surface area contributed by atoms with Crippen molar-refractivity contribution in [3.05, 3.63) is 12.7 Å². The van der Waals surface area contributed by atoms with Crippen LogP contribution in [0.15, 0.2) is 12.7 Å². The van der Waals surface area contributed by atoms with Gasteiger partial charge in [0, 0.05) is 12.1 Å². The number of nitrogens with zero attached hydrogens (tertiary/aromatic N) is 1. The van der Waals surface area contributed by atoms with Crippen LogP contribution in [0.25, 0.3) is 0 Å². The lowest BCUT2D eigenvalue weighted by molar-refractivity contribution is -0.129. The van der Waals surface area contributed by atoms with Gasteiger partial charge in [-0.25, -0.2) is 0 Å². The largest absolute Gasteiger partial charge is 0.334 e. The number of carbonyl (C=O) groups is 1. The molecule has 0 radical (unpaired) electrons. The minimum absolute atomic E-state index is 0.0912. The minimum Gasteiger partial charge on any atom is -0.334 e. The van der Waals surface area contributed by atoms with Gasteiger partial charge in [-0.05, 0) is 32.3 Å². The van der Waals surface area contributed by atoms with Crippen LogP contribution in [-0.4, -0.2) is 22.9 Å². The summed E-state index contributed by atoms with van der Waals surface area (Å²) in [4.78, 5) is 13.5. The monoisotopic (exact) mass is 181 g/mol. The van der Waals surface area contributed by atoms with Crippen LogP contribution in [0, 0.1) is 0 Å². The molecule has 1 saturated heterocycles. The van der Waals surface area contributed by atoms with E-state index >= 15 is 0 Å². The fourth-order valence-corrected chi connectivity index (χ4v) is 2.31. The van der Waals surface area contributed by atoms with E-state index in [1.165, 1.54) is 6.08 Å². The quantitative estimate of drug-likeness (QED) is 0.612. The molecule has 0 aromatic heterocycles. The summed E-state index contributed by atoms with van der Waals surface area (Å²) in [6, 6.07) is 0. The fraction of sp³-hybridized carbons (Fsp3) is 0.727. The van der Waals surface area contributed by atoms with Crippen molar-refractivity contribution in [2.45, 2.75) is 45.1 Å². The lowest BCUT2D eigenvalue weighted by Gasteiger charge is -2.34. The molecule has 74 valence electrons. The maximum atomic E-state index is 11.5. The van der Waals surface area contributed by atoms with Gasteiger partial charge in [0.1, 0.15) is 0 Å². The third-order valence-electron chi connectivity index (χ3n) is 2.98. The second-order valence-corrected chi connectivity index (χ2v) is 4.04. The number of carbonyl (C=O) groups excluding carboxylic acids is 1. The third kappa shape index (κ3) is 1.93. The molecular formula is C11H19NO. The van der Waals surface area contributed by atoms with Gasteiger partial charge in [-0.3, -0.25) is 4.79 Å². The van der Waals surface area contributed by atoms with Gasteiger partial charge in [-0.1, -0.05) is 19.9 Å². The summed E-state index contributed by atoms with van der Waals surface area (Å²) in [5, 5.41) is 0. The van der Waals surface area contributed by atoms with Gasteiger partial charge >= 0.3 is 0 Å². The standard InChI is InChI=1S/C11H19NO/c1-4-7-11(3)8-6-9-12(11)10(13)5-2/h5H,2,4,6-9H2,1,3H3. The van der Waals surface area contributed by atoms with Crippen molar-refractivity contribution in [1.29, 1.82) is 0 Å². The Balaban J connectivity index is 2.72. The van der Waals surface area contributed by atoms with E-state index in [2.05, 4.69) is 20.4 Å². The smallest absolute Gasteiger partial charge is 0.246 e. The summed E-state index contributed by atoms with van der Waals surface area (Å²) in [6.45, 7) is 8.80. The SMILES string of the molecule is C=CC(=O)N1CCCC1(C)CCC. The maximum absolute atomic E-state index is 11.5. The zero-order valence-corrected chi connectivity index (χ0v) is 8.68. The fourth-order valence-electron chi connectivity index (χ4n) is 2.31. The maximum Gasteiger partial charge on any atom is 0.246 e. The van der Waals surface area contributed by atoms with Crippen molar-refractivity contribution < 1.29 is 4.79 Å². The van der Waals surface area contributed by atoms with Crippen LogP contribution < -0.4 is 0 Å².